The van der Waals surface area contributed by atoms with Gasteiger partial charge < -0.3 is 20.7 Å². The normalized spacial score (nSPS) is 13.3. The Kier molecular flexibility index (Phi) is 7.78. The van der Waals surface area contributed by atoms with Gasteiger partial charge in [-0.25, -0.2) is 0 Å². The molecule has 0 fully saturated rings. The van der Waals surface area contributed by atoms with Gasteiger partial charge in [0.05, 0.1) is 5.94 Å². The predicted octanol–water partition coefficient (Wildman–Crippen LogP) is 0.277. The zero-order chi connectivity index (χ0) is 17.4. The quantitative estimate of drug-likeness (QED) is 0.517. The Balaban J connectivity index is 2.80. The Morgan fingerprint density at radius 1 is 1.13 bits per heavy atom. The van der Waals surface area contributed by atoms with Gasteiger partial charge in [0.15, 0.2) is 0 Å². The number of amides is 2. The molecule has 1 aromatic carbocycles. The summed E-state index contributed by atoms with van der Waals surface area (Å²) in [7, 11) is -1.64. The van der Waals surface area contributed by atoms with Crippen molar-refractivity contribution in [2.75, 3.05) is 0 Å². The third-order valence-electron chi connectivity index (χ3n) is 3.39. The summed E-state index contributed by atoms with van der Waals surface area (Å²) in [5.74, 6) is -1.32. The van der Waals surface area contributed by atoms with Crippen molar-refractivity contribution in [2.45, 2.75) is 45.6 Å². The Morgan fingerprint density at radius 3 is 2.22 bits per heavy atom. The van der Waals surface area contributed by atoms with Crippen molar-refractivity contribution in [3.63, 3.8) is 0 Å². The van der Waals surface area contributed by atoms with Crippen LogP contribution in [0.1, 0.15) is 32.8 Å². The van der Waals surface area contributed by atoms with Gasteiger partial charge in [-0.1, -0.05) is 44.2 Å². The number of hydrogen-bond acceptors (Lipinski definition) is 4. The number of hydrogen-bond donors (Lipinski definition) is 4. The highest BCUT2D eigenvalue weighted by molar-refractivity contribution is 6.43. The van der Waals surface area contributed by atoms with Crippen molar-refractivity contribution in [3.8, 4) is 0 Å². The van der Waals surface area contributed by atoms with Gasteiger partial charge in [0.25, 0.3) is 0 Å². The van der Waals surface area contributed by atoms with E-state index in [1.165, 1.54) is 6.92 Å². The molecule has 0 aliphatic carbocycles. The maximum absolute atomic E-state index is 12.4. The molecule has 0 aliphatic heterocycles. The minimum atomic E-state index is -1.64. The van der Waals surface area contributed by atoms with Gasteiger partial charge in [-0.05, 0) is 17.9 Å². The summed E-state index contributed by atoms with van der Waals surface area (Å²) in [6.45, 7) is 5.20. The van der Waals surface area contributed by atoms with Crippen molar-refractivity contribution in [3.05, 3.63) is 35.9 Å². The van der Waals surface area contributed by atoms with Crippen LogP contribution in [0.25, 0.3) is 0 Å². The fraction of sp³-hybridized carbons (Fsp3) is 0.500. The molecule has 1 aromatic rings. The molecule has 0 bridgehead atoms. The highest BCUT2D eigenvalue weighted by Crippen LogP contribution is 2.08. The second-order valence-electron chi connectivity index (χ2n) is 6.10. The van der Waals surface area contributed by atoms with E-state index in [9.17, 15) is 19.6 Å². The highest BCUT2D eigenvalue weighted by atomic mass is 16.4. The molecular weight excluding hydrogens is 295 g/mol. The minimum Gasteiger partial charge on any atom is -0.426 e. The average Bonchev–Trinajstić information content (AvgIpc) is 2.45. The van der Waals surface area contributed by atoms with Gasteiger partial charge in [-0.2, -0.15) is 0 Å². The molecule has 126 valence electrons. The third kappa shape index (κ3) is 7.30. The van der Waals surface area contributed by atoms with Crippen molar-refractivity contribution in [2.24, 2.45) is 5.92 Å². The molecule has 0 aromatic heterocycles. The second kappa shape index (κ2) is 9.32. The highest BCUT2D eigenvalue weighted by Gasteiger charge is 2.29. The number of benzene rings is 1. The van der Waals surface area contributed by atoms with Gasteiger partial charge in [0.2, 0.25) is 11.8 Å². The first-order valence-electron chi connectivity index (χ1n) is 7.77. The SMILES string of the molecule is CC(=O)N[C@@H](Cc1ccccc1)C(=O)N[C@@H](CC(C)C)B(O)O. The topological polar surface area (TPSA) is 98.7 Å². The largest absolute Gasteiger partial charge is 0.475 e. The fourth-order valence-electron chi connectivity index (χ4n) is 2.35. The molecule has 23 heavy (non-hydrogen) atoms. The summed E-state index contributed by atoms with van der Waals surface area (Å²) in [5, 5.41) is 24.1. The van der Waals surface area contributed by atoms with E-state index in [0.717, 1.165) is 5.56 Å². The van der Waals surface area contributed by atoms with E-state index in [2.05, 4.69) is 10.6 Å². The molecular formula is C16H25BN2O4. The lowest BCUT2D eigenvalue weighted by atomic mass is 9.75. The van der Waals surface area contributed by atoms with Crippen LogP contribution in [0, 0.1) is 5.92 Å². The summed E-state index contributed by atoms with van der Waals surface area (Å²) < 4.78 is 0. The van der Waals surface area contributed by atoms with Crippen molar-refractivity contribution < 1.29 is 19.6 Å². The number of nitrogens with one attached hydrogen (secondary N) is 2. The molecule has 4 N–H and O–H groups in total. The Bertz CT molecular complexity index is 508. The van der Waals surface area contributed by atoms with Crippen LogP contribution in [-0.2, 0) is 16.0 Å². The van der Waals surface area contributed by atoms with Crippen LogP contribution in [0.3, 0.4) is 0 Å². The Morgan fingerprint density at radius 2 is 1.74 bits per heavy atom. The summed E-state index contributed by atoms with van der Waals surface area (Å²) in [6, 6.07) is 8.57. The molecule has 6 nitrogen and oxygen atoms in total. The summed E-state index contributed by atoms with van der Waals surface area (Å²) >= 11 is 0. The minimum absolute atomic E-state index is 0.190. The zero-order valence-corrected chi connectivity index (χ0v) is 13.8. The number of carbonyl (C=O) groups excluding carboxylic acids is 2. The smallest absolute Gasteiger partial charge is 0.426 e. The summed E-state index contributed by atoms with van der Waals surface area (Å²) in [4.78, 5) is 23.8. The molecule has 1 rings (SSSR count). The lowest BCUT2D eigenvalue weighted by Gasteiger charge is -2.24. The third-order valence-corrected chi connectivity index (χ3v) is 3.39. The molecule has 0 saturated heterocycles. The van der Waals surface area contributed by atoms with E-state index < -0.39 is 25.0 Å². The zero-order valence-electron chi connectivity index (χ0n) is 13.8. The van der Waals surface area contributed by atoms with E-state index in [4.69, 9.17) is 0 Å². The maximum atomic E-state index is 12.4. The average molecular weight is 320 g/mol. The number of rotatable bonds is 8. The molecule has 0 radical (unpaired) electrons. The Hall–Kier alpha value is -1.86. The molecule has 0 saturated carbocycles. The molecule has 0 unspecified atom stereocenters. The van der Waals surface area contributed by atoms with E-state index in [0.29, 0.717) is 12.8 Å². The van der Waals surface area contributed by atoms with Crippen LogP contribution < -0.4 is 10.6 Å². The Labute approximate surface area is 137 Å². The maximum Gasteiger partial charge on any atom is 0.475 e. The number of carbonyl (C=O) groups is 2. The molecule has 2 amide bonds. The van der Waals surface area contributed by atoms with Gasteiger partial charge in [0, 0.05) is 13.3 Å². The van der Waals surface area contributed by atoms with Crippen LogP contribution in [0.15, 0.2) is 30.3 Å². The van der Waals surface area contributed by atoms with Crippen LogP contribution in [0.4, 0.5) is 0 Å². The van der Waals surface area contributed by atoms with E-state index >= 15 is 0 Å². The molecule has 2 atom stereocenters. The van der Waals surface area contributed by atoms with Crippen molar-refractivity contribution in [1.82, 2.24) is 10.6 Å². The van der Waals surface area contributed by atoms with Crippen molar-refractivity contribution >= 4 is 18.9 Å². The molecule has 0 aliphatic rings. The summed E-state index contributed by atoms with van der Waals surface area (Å²) in [6.07, 6.45) is 0.768. The monoisotopic (exact) mass is 320 g/mol. The predicted molar refractivity (Wildman–Crippen MR) is 89.3 cm³/mol. The first-order chi connectivity index (χ1) is 10.8. The standard InChI is InChI=1S/C16H25BN2O4/c1-11(2)9-15(17(22)23)19-16(21)14(18-12(3)20)10-13-7-5-4-6-8-13/h4-8,11,14-15,22-23H,9-10H2,1-3H3,(H,18,20)(H,19,21)/t14-,15-/m0/s1. The van der Waals surface area contributed by atoms with Crippen molar-refractivity contribution in [1.29, 1.82) is 0 Å². The lowest BCUT2D eigenvalue weighted by molar-refractivity contribution is -0.128. The van der Waals surface area contributed by atoms with Gasteiger partial charge >= 0.3 is 7.12 Å². The lowest BCUT2D eigenvalue weighted by Crippen LogP contribution is -2.54. The van der Waals surface area contributed by atoms with Crippen LogP contribution in [-0.4, -0.2) is 41.0 Å². The second-order valence-corrected chi connectivity index (χ2v) is 6.10. The van der Waals surface area contributed by atoms with E-state index in [-0.39, 0.29) is 11.8 Å². The van der Waals surface area contributed by atoms with Crippen LogP contribution in [0.2, 0.25) is 0 Å². The van der Waals surface area contributed by atoms with Gasteiger partial charge in [-0.15, -0.1) is 0 Å². The van der Waals surface area contributed by atoms with E-state index in [1.807, 2.05) is 44.2 Å². The van der Waals surface area contributed by atoms with Gasteiger partial charge in [0.1, 0.15) is 6.04 Å². The van der Waals surface area contributed by atoms with E-state index in [1.54, 1.807) is 0 Å². The van der Waals surface area contributed by atoms with Crippen LogP contribution in [0.5, 0.6) is 0 Å². The molecule has 7 heteroatoms. The summed E-state index contributed by atoms with van der Waals surface area (Å²) in [5.41, 5.74) is 0.909. The van der Waals surface area contributed by atoms with Gasteiger partial charge in [-0.3, -0.25) is 9.59 Å². The first kappa shape index (κ1) is 19.2. The first-order valence-corrected chi connectivity index (χ1v) is 7.77. The molecule has 0 heterocycles. The fourth-order valence-corrected chi connectivity index (χ4v) is 2.35. The molecule has 0 spiro atoms. The van der Waals surface area contributed by atoms with Crippen LogP contribution >= 0.6 is 0 Å².